The highest BCUT2D eigenvalue weighted by molar-refractivity contribution is 5.63. The van der Waals surface area contributed by atoms with Crippen LogP contribution < -0.4 is 5.32 Å². The van der Waals surface area contributed by atoms with E-state index >= 15 is 0 Å². The highest BCUT2D eigenvalue weighted by atomic mass is 16.4. The van der Waals surface area contributed by atoms with Gasteiger partial charge in [0.1, 0.15) is 0 Å². The summed E-state index contributed by atoms with van der Waals surface area (Å²) < 4.78 is 2.18. The number of nitrogens with one attached hydrogen (secondary N) is 2. The van der Waals surface area contributed by atoms with Crippen LogP contribution in [0.2, 0.25) is 0 Å². The van der Waals surface area contributed by atoms with E-state index in [4.69, 9.17) is 19.8 Å². The third-order valence-electron chi connectivity index (χ3n) is 3.50. The molecule has 9 heteroatoms. The van der Waals surface area contributed by atoms with E-state index in [1.165, 1.54) is 25.7 Å². The Kier molecular flexibility index (Phi) is 9.70. The predicted octanol–water partition coefficient (Wildman–Crippen LogP) is 1.99. The molecule has 4 N–H and O–H groups in total. The second kappa shape index (κ2) is 11.8. The van der Waals surface area contributed by atoms with E-state index in [1.54, 1.807) is 6.20 Å². The van der Waals surface area contributed by atoms with Crippen LogP contribution in [0, 0.1) is 0 Å². The van der Waals surface area contributed by atoms with Crippen molar-refractivity contribution in [1.82, 2.24) is 24.8 Å². The van der Waals surface area contributed by atoms with Crippen LogP contribution in [0.5, 0.6) is 0 Å². The van der Waals surface area contributed by atoms with Crippen molar-refractivity contribution in [1.29, 1.82) is 0 Å². The summed E-state index contributed by atoms with van der Waals surface area (Å²) in [5, 5.41) is 18.4. The van der Waals surface area contributed by atoms with Crippen LogP contribution in [0.3, 0.4) is 0 Å². The van der Waals surface area contributed by atoms with Crippen molar-refractivity contribution in [3.63, 3.8) is 0 Å². The van der Waals surface area contributed by atoms with E-state index in [0.29, 0.717) is 6.04 Å². The SMILES string of the molecule is CC(=O)O.CC(=O)O.c1c[nH]c(-c2nccn2CC2CCCCCN2)n1. The van der Waals surface area contributed by atoms with E-state index in [2.05, 4.69) is 24.8 Å². The molecule has 1 aliphatic heterocycles. The lowest BCUT2D eigenvalue weighted by atomic mass is 10.1. The molecule has 26 heavy (non-hydrogen) atoms. The van der Waals surface area contributed by atoms with Gasteiger partial charge in [0.2, 0.25) is 0 Å². The minimum atomic E-state index is -0.833. The number of hydrogen-bond donors (Lipinski definition) is 4. The maximum Gasteiger partial charge on any atom is 0.300 e. The summed E-state index contributed by atoms with van der Waals surface area (Å²) in [6.45, 7) is 4.27. The molecule has 0 spiro atoms. The van der Waals surface area contributed by atoms with Gasteiger partial charge in [-0.2, -0.15) is 0 Å². The first-order valence-electron chi connectivity index (χ1n) is 8.53. The molecular weight excluding hydrogens is 338 g/mol. The van der Waals surface area contributed by atoms with E-state index in [0.717, 1.165) is 38.6 Å². The van der Waals surface area contributed by atoms with Gasteiger partial charge in [-0.3, -0.25) is 9.59 Å². The van der Waals surface area contributed by atoms with Crippen LogP contribution >= 0.6 is 0 Å². The largest absolute Gasteiger partial charge is 0.481 e. The molecule has 0 bridgehead atoms. The normalized spacial score (nSPS) is 16.3. The molecular formula is C17H27N5O4. The molecule has 1 atom stereocenters. The van der Waals surface area contributed by atoms with Gasteiger partial charge in [0, 0.05) is 51.2 Å². The summed E-state index contributed by atoms with van der Waals surface area (Å²) in [6.07, 6.45) is 12.7. The third-order valence-corrected chi connectivity index (χ3v) is 3.50. The fraction of sp³-hybridized carbons (Fsp3) is 0.529. The van der Waals surface area contributed by atoms with Gasteiger partial charge in [0.25, 0.3) is 11.9 Å². The molecule has 144 valence electrons. The second-order valence-corrected chi connectivity index (χ2v) is 5.88. The first-order valence-corrected chi connectivity index (χ1v) is 8.53. The third kappa shape index (κ3) is 8.97. The summed E-state index contributed by atoms with van der Waals surface area (Å²) in [4.78, 5) is 29.8. The summed E-state index contributed by atoms with van der Waals surface area (Å²) in [5.74, 6) is 0.0969. The van der Waals surface area contributed by atoms with Crippen molar-refractivity contribution in [3.8, 4) is 11.6 Å². The van der Waals surface area contributed by atoms with E-state index in [9.17, 15) is 0 Å². The van der Waals surface area contributed by atoms with Crippen LogP contribution in [0.4, 0.5) is 0 Å². The molecule has 0 radical (unpaired) electrons. The molecule has 3 heterocycles. The first-order chi connectivity index (χ1) is 12.4. The fourth-order valence-corrected chi connectivity index (χ4v) is 2.56. The molecule has 1 fully saturated rings. The highest BCUT2D eigenvalue weighted by Crippen LogP contribution is 2.15. The second-order valence-electron chi connectivity index (χ2n) is 5.88. The molecule has 2 aromatic heterocycles. The molecule has 0 saturated carbocycles. The lowest BCUT2D eigenvalue weighted by Crippen LogP contribution is -2.32. The number of carboxylic acid groups (broad SMARTS) is 2. The molecule has 9 nitrogen and oxygen atoms in total. The molecule has 0 aromatic carbocycles. The topological polar surface area (TPSA) is 133 Å². The average molecular weight is 365 g/mol. The van der Waals surface area contributed by atoms with Gasteiger partial charge in [0.15, 0.2) is 11.6 Å². The Labute approximate surface area is 152 Å². The van der Waals surface area contributed by atoms with E-state index < -0.39 is 11.9 Å². The first kappa shape index (κ1) is 21.4. The van der Waals surface area contributed by atoms with Crippen LogP contribution in [0.15, 0.2) is 24.8 Å². The van der Waals surface area contributed by atoms with Gasteiger partial charge in [-0.1, -0.05) is 12.8 Å². The lowest BCUT2D eigenvalue weighted by Gasteiger charge is -2.17. The number of aromatic nitrogens is 4. The van der Waals surface area contributed by atoms with Gasteiger partial charge in [-0.05, 0) is 19.4 Å². The van der Waals surface area contributed by atoms with Gasteiger partial charge < -0.3 is 25.1 Å². The van der Waals surface area contributed by atoms with Crippen molar-refractivity contribution in [2.45, 2.75) is 52.1 Å². The Bertz CT molecular complexity index is 626. The highest BCUT2D eigenvalue weighted by Gasteiger charge is 2.15. The van der Waals surface area contributed by atoms with Crippen molar-refractivity contribution >= 4 is 11.9 Å². The van der Waals surface area contributed by atoms with Crippen LogP contribution in [-0.4, -0.2) is 54.3 Å². The Balaban J connectivity index is 0.000000360. The number of carbonyl (C=O) groups is 2. The van der Waals surface area contributed by atoms with E-state index in [-0.39, 0.29) is 0 Å². The quantitative estimate of drug-likeness (QED) is 0.653. The van der Waals surface area contributed by atoms with Crippen molar-refractivity contribution in [3.05, 3.63) is 24.8 Å². The predicted molar refractivity (Wildman–Crippen MR) is 96.7 cm³/mol. The lowest BCUT2D eigenvalue weighted by molar-refractivity contribution is -0.135. The molecule has 3 rings (SSSR count). The number of nitrogens with zero attached hydrogens (tertiary/aromatic N) is 3. The van der Waals surface area contributed by atoms with Crippen LogP contribution in [0.25, 0.3) is 11.6 Å². The number of carboxylic acids is 2. The number of hydrogen-bond acceptors (Lipinski definition) is 5. The van der Waals surface area contributed by atoms with Crippen molar-refractivity contribution < 1.29 is 19.8 Å². The summed E-state index contributed by atoms with van der Waals surface area (Å²) in [5.41, 5.74) is 0. The number of rotatable bonds is 3. The zero-order valence-corrected chi connectivity index (χ0v) is 15.2. The summed E-state index contributed by atoms with van der Waals surface area (Å²) in [7, 11) is 0. The van der Waals surface area contributed by atoms with Gasteiger partial charge in [-0.15, -0.1) is 0 Å². The van der Waals surface area contributed by atoms with Crippen molar-refractivity contribution in [2.24, 2.45) is 0 Å². The average Bonchev–Trinajstić information content (AvgIpc) is 3.14. The number of H-pyrrole nitrogens is 1. The minimum absolute atomic E-state index is 0.551. The molecule has 1 unspecified atom stereocenters. The number of aromatic amines is 1. The Hall–Kier alpha value is -2.68. The Morgan fingerprint density at radius 2 is 1.85 bits per heavy atom. The molecule has 1 aliphatic rings. The Morgan fingerprint density at radius 3 is 2.46 bits per heavy atom. The van der Waals surface area contributed by atoms with Crippen molar-refractivity contribution in [2.75, 3.05) is 6.54 Å². The maximum absolute atomic E-state index is 9.00. The molecule has 0 amide bonds. The van der Waals surface area contributed by atoms with Gasteiger partial charge >= 0.3 is 0 Å². The molecule has 1 saturated heterocycles. The van der Waals surface area contributed by atoms with Gasteiger partial charge in [-0.25, -0.2) is 9.97 Å². The maximum atomic E-state index is 9.00. The summed E-state index contributed by atoms with van der Waals surface area (Å²) >= 11 is 0. The Morgan fingerprint density at radius 1 is 1.15 bits per heavy atom. The zero-order chi connectivity index (χ0) is 19.4. The molecule has 2 aromatic rings. The zero-order valence-electron chi connectivity index (χ0n) is 15.2. The van der Waals surface area contributed by atoms with E-state index in [1.807, 2.05) is 18.6 Å². The number of imidazole rings is 2. The van der Waals surface area contributed by atoms with Gasteiger partial charge in [0.05, 0.1) is 0 Å². The minimum Gasteiger partial charge on any atom is -0.481 e. The van der Waals surface area contributed by atoms with Crippen LogP contribution in [-0.2, 0) is 16.1 Å². The van der Waals surface area contributed by atoms with Crippen LogP contribution in [0.1, 0.15) is 39.5 Å². The monoisotopic (exact) mass is 365 g/mol. The standard InChI is InChI=1S/C13H19N5.2C2H4O2/c1-2-4-11(14-5-3-1)10-18-9-8-17-13(18)12-15-6-7-16-12;2*1-2(3)4/h6-9,11,14H,1-5,10H2,(H,15,16);2*1H3,(H,3,4). The fourth-order valence-electron chi connectivity index (χ4n) is 2.56. The number of aliphatic carboxylic acids is 2. The summed E-state index contributed by atoms with van der Waals surface area (Å²) in [6, 6.07) is 0.551. The smallest absolute Gasteiger partial charge is 0.300 e. The molecule has 0 aliphatic carbocycles.